The molecule has 1 heterocycles. The van der Waals surface area contributed by atoms with E-state index in [1.54, 1.807) is 0 Å². The highest BCUT2D eigenvalue weighted by atomic mass is 32.2. The molecule has 0 bridgehead atoms. The molecular formula is C22H30N2S. The van der Waals surface area contributed by atoms with E-state index in [-0.39, 0.29) is 4.75 Å². The minimum absolute atomic E-state index is 0.231. The molecule has 25 heavy (non-hydrogen) atoms. The van der Waals surface area contributed by atoms with Gasteiger partial charge in [0.1, 0.15) is 0 Å². The van der Waals surface area contributed by atoms with Crippen LogP contribution in [0.1, 0.15) is 50.8 Å². The maximum absolute atomic E-state index is 3.84. The van der Waals surface area contributed by atoms with Crippen molar-refractivity contribution in [2.45, 2.75) is 61.9 Å². The van der Waals surface area contributed by atoms with Crippen molar-refractivity contribution in [3.63, 3.8) is 0 Å². The molecule has 2 atom stereocenters. The molecule has 2 aromatic rings. The molecule has 1 fully saturated rings. The van der Waals surface area contributed by atoms with Gasteiger partial charge in [0.05, 0.1) is 0 Å². The Morgan fingerprint density at radius 2 is 1.76 bits per heavy atom. The monoisotopic (exact) mass is 354 g/mol. The fourth-order valence-electron chi connectivity index (χ4n) is 3.44. The summed E-state index contributed by atoms with van der Waals surface area (Å²) in [5.41, 5.74) is 2.79. The third-order valence-corrected chi connectivity index (χ3v) is 5.79. The van der Waals surface area contributed by atoms with Gasteiger partial charge in [-0.25, -0.2) is 0 Å². The van der Waals surface area contributed by atoms with Crippen molar-refractivity contribution in [3.8, 4) is 0 Å². The van der Waals surface area contributed by atoms with Crippen molar-refractivity contribution in [2.24, 2.45) is 0 Å². The maximum Gasteiger partial charge on any atom is 0.0476 e. The van der Waals surface area contributed by atoms with Crippen molar-refractivity contribution < 1.29 is 0 Å². The van der Waals surface area contributed by atoms with Crippen LogP contribution in [0.5, 0.6) is 0 Å². The first-order valence-electron chi connectivity index (χ1n) is 9.31. The van der Waals surface area contributed by atoms with Crippen LogP contribution < -0.4 is 10.6 Å². The van der Waals surface area contributed by atoms with E-state index in [2.05, 4.69) is 86.0 Å². The number of hydrogen-bond donors (Lipinski definition) is 2. The van der Waals surface area contributed by atoms with E-state index in [4.69, 9.17) is 0 Å². The zero-order valence-electron chi connectivity index (χ0n) is 15.6. The van der Waals surface area contributed by atoms with E-state index in [0.29, 0.717) is 12.1 Å². The molecule has 1 aliphatic rings. The van der Waals surface area contributed by atoms with Gasteiger partial charge < -0.3 is 10.6 Å². The summed E-state index contributed by atoms with van der Waals surface area (Å²) in [4.78, 5) is 1.39. The minimum Gasteiger partial charge on any atom is -0.309 e. The quantitative estimate of drug-likeness (QED) is 0.725. The molecule has 134 valence electrons. The standard InChI is InChI=1S/C22H30N2S/c1-22(2,3)25-20-14-8-7-12-18(20)16-24-19-13-9-15-23-21(19)17-10-5-4-6-11-17/h4-8,10-12,14,19,21,23-24H,9,13,15-16H2,1-3H3. The lowest BCUT2D eigenvalue weighted by Crippen LogP contribution is -2.45. The second-order valence-electron chi connectivity index (χ2n) is 7.79. The second-order valence-corrected chi connectivity index (χ2v) is 9.66. The molecule has 2 aromatic carbocycles. The van der Waals surface area contributed by atoms with Crippen LogP contribution in [0.25, 0.3) is 0 Å². The lowest BCUT2D eigenvalue weighted by molar-refractivity contribution is 0.304. The lowest BCUT2D eigenvalue weighted by atomic mass is 9.92. The van der Waals surface area contributed by atoms with Gasteiger partial charge in [-0.2, -0.15) is 0 Å². The van der Waals surface area contributed by atoms with Gasteiger partial charge in [-0.3, -0.25) is 0 Å². The van der Waals surface area contributed by atoms with E-state index in [0.717, 1.165) is 13.1 Å². The number of piperidine rings is 1. The van der Waals surface area contributed by atoms with Crippen LogP contribution in [0.2, 0.25) is 0 Å². The maximum atomic E-state index is 3.84. The second kappa shape index (κ2) is 8.39. The van der Waals surface area contributed by atoms with Gasteiger partial charge in [0.2, 0.25) is 0 Å². The van der Waals surface area contributed by atoms with Crippen molar-refractivity contribution in [1.82, 2.24) is 10.6 Å². The summed E-state index contributed by atoms with van der Waals surface area (Å²) >= 11 is 1.96. The molecule has 0 saturated carbocycles. The summed E-state index contributed by atoms with van der Waals surface area (Å²) in [7, 11) is 0. The van der Waals surface area contributed by atoms with E-state index in [9.17, 15) is 0 Å². The Morgan fingerprint density at radius 3 is 2.52 bits per heavy atom. The Bertz CT molecular complexity index is 663. The Labute approximate surface area is 156 Å². The predicted octanol–water partition coefficient (Wildman–Crippen LogP) is 5.16. The molecule has 2 N–H and O–H groups in total. The molecule has 1 saturated heterocycles. The highest BCUT2D eigenvalue weighted by molar-refractivity contribution is 8.00. The lowest BCUT2D eigenvalue weighted by Gasteiger charge is -2.34. The molecule has 3 heteroatoms. The summed E-state index contributed by atoms with van der Waals surface area (Å²) in [5.74, 6) is 0. The highest BCUT2D eigenvalue weighted by Crippen LogP contribution is 2.34. The van der Waals surface area contributed by atoms with Gasteiger partial charge >= 0.3 is 0 Å². The molecule has 0 aromatic heterocycles. The Balaban J connectivity index is 1.70. The van der Waals surface area contributed by atoms with Crippen molar-refractivity contribution >= 4 is 11.8 Å². The third kappa shape index (κ3) is 5.34. The largest absolute Gasteiger partial charge is 0.309 e. The molecule has 3 rings (SSSR count). The van der Waals surface area contributed by atoms with Crippen molar-refractivity contribution in [1.29, 1.82) is 0 Å². The minimum atomic E-state index is 0.231. The fraction of sp³-hybridized carbons (Fsp3) is 0.455. The van der Waals surface area contributed by atoms with Gasteiger partial charge in [-0.05, 0) is 36.6 Å². The molecule has 0 amide bonds. The van der Waals surface area contributed by atoms with Gasteiger partial charge in [0.15, 0.2) is 0 Å². The first kappa shape index (κ1) is 18.5. The number of nitrogens with one attached hydrogen (secondary N) is 2. The highest BCUT2D eigenvalue weighted by Gasteiger charge is 2.25. The Morgan fingerprint density at radius 1 is 1.04 bits per heavy atom. The van der Waals surface area contributed by atoms with Crippen LogP contribution in [-0.2, 0) is 6.54 Å². The van der Waals surface area contributed by atoms with E-state index in [1.165, 1.54) is 28.9 Å². The van der Waals surface area contributed by atoms with Crippen molar-refractivity contribution in [2.75, 3.05) is 6.54 Å². The average molecular weight is 355 g/mol. The van der Waals surface area contributed by atoms with E-state index >= 15 is 0 Å². The molecule has 0 spiro atoms. The normalized spacial score (nSPS) is 21.2. The summed E-state index contributed by atoms with van der Waals surface area (Å²) in [6.45, 7) is 8.86. The number of hydrogen-bond acceptors (Lipinski definition) is 3. The molecule has 1 aliphatic heterocycles. The van der Waals surface area contributed by atoms with E-state index in [1.807, 2.05) is 11.8 Å². The summed E-state index contributed by atoms with van der Waals surface area (Å²) < 4.78 is 0.231. The van der Waals surface area contributed by atoms with Crippen molar-refractivity contribution in [3.05, 3.63) is 65.7 Å². The van der Waals surface area contributed by atoms with Crippen LogP contribution in [0.15, 0.2) is 59.5 Å². The zero-order valence-corrected chi connectivity index (χ0v) is 16.4. The van der Waals surface area contributed by atoms with Gasteiger partial charge in [0, 0.05) is 28.3 Å². The molecule has 2 unspecified atom stereocenters. The van der Waals surface area contributed by atoms with E-state index < -0.39 is 0 Å². The third-order valence-electron chi connectivity index (χ3n) is 4.56. The smallest absolute Gasteiger partial charge is 0.0476 e. The van der Waals surface area contributed by atoms with Gasteiger partial charge in [-0.1, -0.05) is 69.3 Å². The van der Waals surface area contributed by atoms with Gasteiger partial charge in [-0.15, -0.1) is 11.8 Å². The first-order chi connectivity index (χ1) is 12.0. The molecule has 2 nitrogen and oxygen atoms in total. The molecule has 0 radical (unpaired) electrons. The number of thioether (sulfide) groups is 1. The predicted molar refractivity (Wildman–Crippen MR) is 109 cm³/mol. The van der Waals surface area contributed by atoms with Crippen LogP contribution in [0.3, 0.4) is 0 Å². The summed E-state index contributed by atoms with van der Waals surface area (Å²) in [5, 5.41) is 7.54. The van der Waals surface area contributed by atoms with Crippen LogP contribution in [0, 0.1) is 0 Å². The van der Waals surface area contributed by atoms with Crippen LogP contribution in [0.4, 0.5) is 0 Å². The van der Waals surface area contributed by atoms with Crippen LogP contribution >= 0.6 is 11.8 Å². The number of benzene rings is 2. The summed E-state index contributed by atoms with van der Waals surface area (Å²) in [6.07, 6.45) is 2.46. The number of rotatable bonds is 5. The summed E-state index contributed by atoms with van der Waals surface area (Å²) in [6, 6.07) is 20.5. The Hall–Kier alpha value is -1.29. The first-order valence-corrected chi connectivity index (χ1v) is 10.1. The Kier molecular flexibility index (Phi) is 6.21. The molecule has 0 aliphatic carbocycles. The van der Waals surface area contributed by atoms with Gasteiger partial charge in [0.25, 0.3) is 0 Å². The fourth-order valence-corrected chi connectivity index (χ4v) is 4.52. The SMILES string of the molecule is CC(C)(C)Sc1ccccc1CNC1CCCNC1c1ccccc1. The molecular weight excluding hydrogens is 324 g/mol. The van der Waals surface area contributed by atoms with Crippen LogP contribution in [-0.4, -0.2) is 17.3 Å². The average Bonchev–Trinajstić information content (AvgIpc) is 2.61. The zero-order chi connectivity index (χ0) is 17.7. The topological polar surface area (TPSA) is 24.1 Å².